The molecule has 3 aromatic rings. The summed E-state index contributed by atoms with van der Waals surface area (Å²) in [7, 11) is -2.64. The van der Waals surface area contributed by atoms with Gasteiger partial charge in [-0.25, -0.2) is 13.2 Å². The summed E-state index contributed by atoms with van der Waals surface area (Å²) >= 11 is 0. The summed E-state index contributed by atoms with van der Waals surface area (Å²) in [6.07, 6.45) is 3.53. The number of carbonyl (C=O) groups excluding carboxylic acids is 2. The molecule has 0 aliphatic carbocycles. The fourth-order valence-electron chi connectivity index (χ4n) is 3.30. The van der Waals surface area contributed by atoms with Crippen LogP contribution < -0.4 is 15.7 Å². The maximum Gasteiger partial charge on any atom is 0.323 e. The zero-order chi connectivity index (χ0) is 23.8. The number of para-hydroxylation sites is 1. The molecule has 1 aromatic heterocycles. The number of methoxy groups -OCH3 is 1. The Balaban J connectivity index is 1.60. The van der Waals surface area contributed by atoms with Crippen molar-refractivity contribution in [2.75, 3.05) is 18.4 Å². The van der Waals surface area contributed by atoms with E-state index in [1.54, 1.807) is 12.1 Å². The van der Waals surface area contributed by atoms with Crippen LogP contribution in [0.1, 0.15) is 42.5 Å². The smallest absolute Gasteiger partial charge is 0.323 e. The van der Waals surface area contributed by atoms with E-state index in [1.807, 2.05) is 0 Å². The molecule has 1 amide bonds. The number of sulfonamides is 1. The summed E-state index contributed by atoms with van der Waals surface area (Å²) in [6, 6.07) is 10.5. The molecule has 3 rings (SSSR count). The maximum atomic E-state index is 12.9. The number of unbranched alkanes of at least 4 members (excludes halogenated alkanes) is 3. The number of nitrogens with one attached hydrogen (secondary N) is 4. The molecule has 0 saturated heterocycles. The molecule has 10 nitrogen and oxygen atoms in total. The highest BCUT2D eigenvalue weighted by Gasteiger charge is 2.19. The Bertz CT molecular complexity index is 1300. The number of esters is 1. The summed E-state index contributed by atoms with van der Waals surface area (Å²) < 4.78 is 32.8. The van der Waals surface area contributed by atoms with Crippen molar-refractivity contribution in [2.24, 2.45) is 0 Å². The van der Waals surface area contributed by atoms with E-state index in [0.29, 0.717) is 24.0 Å². The molecule has 1 heterocycles. The lowest BCUT2D eigenvalue weighted by molar-refractivity contribution is -0.140. The number of hydrogen-bond donors (Lipinski definition) is 4. The van der Waals surface area contributed by atoms with Gasteiger partial charge in [-0.2, -0.15) is 0 Å². The van der Waals surface area contributed by atoms with Gasteiger partial charge >= 0.3 is 11.7 Å². The molecule has 0 atom stereocenters. The third-order valence-electron chi connectivity index (χ3n) is 5.03. The number of H-pyrrole nitrogens is 2. The number of ether oxygens (including phenoxy) is 1. The molecule has 0 spiro atoms. The molecule has 11 heteroatoms. The van der Waals surface area contributed by atoms with E-state index in [0.717, 1.165) is 25.7 Å². The number of hydrogen-bond acceptors (Lipinski definition) is 6. The summed E-state index contributed by atoms with van der Waals surface area (Å²) in [6.45, 7) is 0.426. The third-order valence-corrected chi connectivity index (χ3v) is 6.40. The van der Waals surface area contributed by atoms with E-state index in [2.05, 4.69) is 24.7 Å². The second-order valence-electron chi connectivity index (χ2n) is 7.43. The summed E-state index contributed by atoms with van der Waals surface area (Å²) in [5, 5.41) is 2.79. The van der Waals surface area contributed by atoms with E-state index >= 15 is 0 Å². The van der Waals surface area contributed by atoms with Crippen molar-refractivity contribution in [2.45, 2.75) is 37.0 Å². The van der Waals surface area contributed by atoms with Crippen molar-refractivity contribution in [3.05, 3.63) is 58.5 Å². The average Bonchev–Trinajstić information content (AvgIpc) is 3.17. The minimum atomic E-state index is -4.00. The first-order valence-electron chi connectivity index (χ1n) is 10.5. The van der Waals surface area contributed by atoms with Crippen molar-refractivity contribution in [3.63, 3.8) is 0 Å². The molecule has 0 saturated carbocycles. The van der Waals surface area contributed by atoms with Crippen LogP contribution in [0.4, 0.5) is 5.69 Å². The highest BCUT2D eigenvalue weighted by Crippen LogP contribution is 2.22. The predicted octanol–water partition coefficient (Wildman–Crippen LogP) is 2.51. The molecule has 0 bridgehead atoms. The van der Waals surface area contributed by atoms with Crippen LogP contribution in [0.25, 0.3) is 11.0 Å². The number of fused-ring (bicyclic) bond motifs is 1. The highest BCUT2D eigenvalue weighted by molar-refractivity contribution is 7.92. The van der Waals surface area contributed by atoms with Crippen molar-refractivity contribution >= 4 is 38.6 Å². The van der Waals surface area contributed by atoms with Gasteiger partial charge in [0.2, 0.25) is 0 Å². The Morgan fingerprint density at radius 3 is 2.48 bits per heavy atom. The highest BCUT2D eigenvalue weighted by atomic mass is 32.2. The van der Waals surface area contributed by atoms with Gasteiger partial charge in [-0.05, 0) is 43.2 Å². The van der Waals surface area contributed by atoms with Gasteiger partial charge in [-0.15, -0.1) is 0 Å². The van der Waals surface area contributed by atoms with Gasteiger partial charge in [-0.3, -0.25) is 14.3 Å². The Kier molecular flexibility index (Phi) is 7.88. The molecule has 176 valence electrons. The van der Waals surface area contributed by atoms with Gasteiger partial charge < -0.3 is 20.0 Å². The number of imidazole rings is 1. The molecule has 0 unspecified atom stereocenters. The molecular formula is C22H26N4O6S. The number of carbonyl (C=O) groups is 2. The molecule has 4 N–H and O–H groups in total. The van der Waals surface area contributed by atoms with Crippen LogP contribution in [0.2, 0.25) is 0 Å². The normalized spacial score (nSPS) is 11.3. The summed E-state index contributed by atoms with van der Waals surface area (Å²) in [4.78, 5) is 40.2. The van der Waals surface area contributed by atoms with E-state index in [1.165, 1.54) is 37.4 Å². The van der Waals surface area contributed by atoms with Crippen LogP contribution in [-0.2, 0) is 19.6 Å². The number of aromatic nitrogens is 2. The topological polar surface area (TPSA) is 150 Å². The lowest BCUT2D eigenvalue weighted by Gasteiger charge is -2.13. The Morgan fingerprint density at radius 1 is 0.970 bits per heavy atom. The number of aromatic amines is 2. The second kappa shape index (κ2) is 10.8. The van der Waals surface area contributed by atoms with Crippen LogP contribution in [0, 0.1) is 0 Å². The minimum Gasteiger partial charge on any atom is -0.469 e. The van der Waals surface area contributed by atoms with Crippen LogP contribution in [0.15, 0.2) is 52.2 Å². The monoisotopic (exact) mass is 474 g/mol. The van der Waals surface area contributed by atoms with Crippen molar-refractivity contribution < 1.29 is 22.7 Å². The second-order valence-corrected chi connectivity index (χ2v) is 9.12. The van der Waals surface area contributed by atoms with Crippen LogP contribution >= 0.6 is 0 Å². The fraction of sp³-hybridized carbons (Fsp3) is 0.318. The molecule has 0 aliphatic rings. The quantitative estimate of drug-likeness (QED) is 0.248. The molecule has 33 heavy (non-hydrogen) atoms. The number of amides is 1. The first-order chi connectivity index (χ1) is 15.8. The zero-order valence-corrected chi connectivity index (χ0v) is 19.0. The van der Waals surface area contributed by atoms with Crippen LogP contribution in [-0.4, -0.2) is 43.9 Å². The Hall–Kier alpha value is -3.60. The first-order valence-corrected chi connectivity index (χ1v) is 12.0. The molecule has 2 aromatic carbocycles. The molecule has 0 radical (unpaired) electrons. The summed E-state index contributed by atoms with van der Waals surface area (Å²) in [5.74, 6) is -0.628. The molecular weight excluding hydrogens is 448 g/mol. The first kappa shape index (κ1) is 24.1. The van der Waals surface area contributed by atoms with Crippen LogP contribution in [0.3, 0.4) is 0 Å². The Labute approximate surface area is 190 Å². The van der Waals surface area contributed by atoms with E-state index < -0.39 is 21.6 Å². The lowest BCUT2D eigenvalue weighted by Crippen LogP contribution is -2.26. The maximum absolute atomic E-state index is 12.9. The van der Waals surface area contributed by atoms with Crippen LogP contribution in [0.5, 0.6) is 0 Å². The molecule has 0 fully saturated rings. The number of rotatable bonds is 11. The lowest BCUT2D eigenvalue weighted by atomic mass is 10.1. The number of benzene rings is 2. The van der Waals surface area contributed by atoms with E-state index in [9.17, 15) is 22.8 Å². The number of anilines is 1. The van der Waals surface area contributed by atoms with Gasteiger partial charge in [-0.1, -0.05) is 25.0 Å². The largest absolute Gasteiger partial charge is 0.469 e. The SMILES string of the molecule is COC(=O)CCCCCCNC(=O)c1ccccc1NS(=O)(=O)c1ccc2[nH]c(=O)[nH]c2c1. The van der Waals surface area contributed by atoms with Gasteiger partial charge in [0, 0.05) is 13.0 Å². The van der Waals surface area contributed by atoms with Gasteiger partial charge in [0.25, 0.3) is 15.9 Å². The standard InChI is InChI=1S/C22H26N4O6S/c1-32-20(27)10-4-2-3-7-13-23-21(28)16-8-5-6-9-17(16)26-33(30,31)15-11-12-18-19(14-15)25-22(29)24-18/h5-6,8-9,11-12,14,26H,2-4,7,10,13H2,1H3,(H,23,28)(H2,24,25,29). The van der Waals surface area contributed by atoms with Gasteiger partial charge in [0.05, 0.1) is 34.3 Å². The zero-order valence-electron chi connectivity index (χ0n) is 18.1. The average molecular weight is 475 g/mol. The van der Waals surface area contributed by atoms with Crippen molar-refractivity contribution in [1.29, 1.82) is 0 Å². The van der Waals surface area contributed by atoms with Crippen molar-refractivity contribution in [1.82, 2.24) is 15.3 Å². The van der Waals surface area contributed by atoms with E-state index in [-0.39, 0.29) is 22.1 Å². The minimum absolute atomic E-state index is 0.0487. The van der Waals surface area contributed by atoms with Crippen molar-refractivity contribution in [3.8, 4) is 0 Å². The Morgan fingerprint density at radius 2 is 1.70 bits per heavy atom. The van der Waals surface area contributed by atoms with Gasteiger partial charge in [0.1, 0.15) is 0 Å². The third kappa shape index (κ3) is 6.45. The summed E-state index contributed by atoms with van der Waals surface area (Å²) in [5.41, 5.74) is 0.765. The molecule has 0 aliphatic heterocycles. The van der Waals surface area contributed by atoms with E-state index in [4.69, 9.17) is 0 Å². The van der Waals surface area contributed by atoms with Gasteiger partial charge in [0.15, 0.2) is 0 Å². The predicted molar refractivity (Wildman–Crippen MR) is 124 cm³/mol. The fourth-order valence-corrected chi connectivity index (χ4v) is 4.41.